The van der Waals surface area contributed by atoms with Crippen LogP contribution in [0.4, 0.5) is 5.69 Å². The number of hydrogen-bond acceptors (Lipinski definition) is 3. The van der Waals surface area contributed by atoms with Crippen LogP contribution < -0.4 is 5.32 Å². The maximum absolute atomic E-state index is 12.1. The van der Waals surface area contributed by atoms with Gasteiger partial charge in [-0.15, -0.1) is 0 Å². The molecule has 0 spiro atoms. The highest BCUT2D eigenvalue weighted by atomic mass is 16.4. The van der Waals surface area contributed by atoms with E-state index in [-0.39, 0.29) is 17.6 Å². The Morgan fingerprint density at radius 3 is 2.62 bits per heavy atom. The minimum Gasteiger partial charge on any atom is -0.475 e. The molecule has 1 heterocycles. The second-order valence-corrected chi connectivity index (χ2v) is 5.33. The van der Waals surface area contributed by atoms with Crippen molar-refractivity contribution in [1.29, 1.82) is 0 Å². The summed E-state index contributed by atoms with van der Waals surface area (Å²) in [6, 6.07) is 6.53. The van der Waals surface area contributed by atoms with Crippen LogP contribution in [0.2, 0.25) is 0 Å². The summed E-state index contributed by atoms with van der Waals surface area (Å²) in [7, 11) is 0. The number of carbonyl (C=O) groups excluding carboxylic acids is 1. The number of nitrogens with one attached hydrogen (secondary N) is 1. The summed E-state index contributed by atoms with van der Waals surface area (Å²) in [5, 5.41) is 12.4. The Balaban J connectivity index is 2.19. The summed E-state index contributed by atoms with van der Waals surface area (Å²) < 4.78 is 5.18. The van der Waals surface area contributed by atoms with Gasteiger partial charge in [0.1, 0.15) is 5.58 Å². The molecular weight excluding hydrogens is 270 g/mol. The highest BCUT2D eigenvalue weighted by molar-refractivity contribution is 5.96. The molecule has 1 aromatic heterocycles. The molecule has 0 aliphatic heterocycles. The largest absolute Gasteiger partial charge is 0.475 e. The lowest BCUT2D eigenvalue weighted by Crippen LogP contribution is -2.25. The summed E-state index contributed by atoms with van der Waals surface area (Å²) in [6.07, 6.45) is 0.942. The van der Waals surface area contributed by atoms with Crippen molar-refractivity contribution in [3.8, 4) is 0 Å². The van der Waals surface area contributed by atoms with Gasteiger partial charge in [-0.3, -0.25) is 4.79 Å². The number of hydrogen-bond donors (Lipinski definition) is 2. The molecule has 0 fully saturated rings. The van der Waals surface area contributed by atoms with Crippen molar-refractivity contribution >= 4 is 28.5 Å². The van der Waals surface area contributed by atoms with Crippen molar-refractivity contribution in [2.75, 3.05) is 5.32 Å². The van der Waals surface area contributed by atoms with Crippen LogP contribution in [0.3, 0.4) is 0 Å². The predicted molar refractivity (Wildman–Crippen MR) is 80.4 cm³/mol. The zero-order valence-corrected chi connectivity index (χ0v) is 12.3. The molecule has 112 valence electrons. The number of furan rings is 1. The van der Waals surface area contributed by atoms with Gasteiger partial charge in [0.2, 0.25) is 11.7 Å². The van der Waals surface area contributed by atoms with Gasteiger partial charge in [0.15, 0.2) is 0 Å². The summed E-state index contributed by atoms with van der Waals surface area (Å²) in [5.41, 5.74) is 1.13. The summed E-state index contributed by atoms with van der Waals surface area (Å²) >= 11 is 0. The van der Waals surface area contributed by atoms with Crippen molar-refractivity contribution in [2.45, 2.75) is 27.2 Å². The number of rotatable bonds is 5. The molecule has 0 saturated heterocycles. The highest BCUT2D eigenvalue weighted by Gasteiger charge is 2.19. The Labute approximate surface area is 122 Å². The molecule has 1 amide bonds. The van der Waals surface area contributed by atoms with Crippen LogP contribution >= 0.6 is 0 Å². The van der Waals surface area contributed by atoms with Crippen molar-refractivity contribution in [2.24, 2.45) is 11.8 Å². The minimum atomic E-state index is -1.11. The van der Waals surface area contributed by atoms with E-state index in [2.05, 4.69) is 12.2 Å². The third-order valence-electron chi connectivity index (χ3n) is 3.91. The molecule has 0 aliphatic carbocycles. The maximum Gasteiger partial charge on any atom is 0.371 e. The fourth-order valence-electron chi connectivity index (χ4n) is 2.09. The first-order valence-corrected chi connectivity index (χ1v) is 7.00. The van der Waals surface area contributed by atoms with Crippen LogP contribution in [-0.4, -0.2) is 17.0 Å². The van der Waals surface area contributed by atoms with Gasteiger partial charge in [-0.1, -0.05) is 27.2 Å². The lowest BCUT2D eigenvalue weighted by Gasteiger charge is -2.17. The number of carboxylic acid groups (broad SMARTS) is 1. The molecular formula is C16H19NO4. The Bertz CT molecular complexity index is 674. The van der Waals surface area contributed by atoms with Gasteiger partial charge in [0, 0.05) is 17.0 Å². The number of carbonyl (C=O) groups is 2. The zero-order chi connectivity index (χ0) is 15.6. The van der Waals surface area contributed by atoms with Crippen molar-refractivity contribution in [3.63, 3.8) is 0 Å². The first-order chi connectivity index (χ1) is 9.92. The van der Waals surface area contributed by atoms with Gasteiger partial charge in [-0.05, 0) is 30.2 Å². The van der Waals surface area contributed by atoms with Crippen LogP contribution in [0.5, 0.6) is 0 Å². The zero-order valence-electron chi connectivity index (χ0n) is 12.3. The molecule has 2 N–H and O–H groups in total. The Hall–Kier alpha value is -2.30. The second-order valence-electron chi connectivity index (χ2n) is 5.33. The van der Waals surface area contributed by atoms with Crippen LogP contribution in [0, 0.1) is 11.8 Å². The topological polar surface area (TPSA) is 79.5 Å². The number of amides is 1. The molecule has 0 bridgehead atoms. The van der Waals surface area contributed by atoms with Crippen LogP contribution in [0.1, 0.15) is 37.7 Å². The fraction of sp³-hybridized carbons (Fsp3) is 0.375. The number of fused-ring (bicyclic) bond motifs is 1. The molecule has 5 nitrogen and oxygen atoms in total. The van der Waals surface area contributed by atoms with Gasteiger partial charge in [0.25, 0.3) is 0 Å². The molecule has 2 unspecified atom stereocenters. The first-order valence-electron chi connectivity index (χ1n) is 7.00. The summed E-state index contributed by atoms with van der Waals surface area (Å²) in [5.74, 6) is -1.03. The number of benzene rings is 1. The van der Waals surface area contributed by atoms with Gasteiger partial charge in [-0.25, -0.2) is 4.79 Å². The van der Waals surface area contributed by atoms with E-state index < -0.39 is 5.97 Å². The second kappa shape index (κ2) is 5.99. The lowest BCUT2D eigenvalue weighted by molar-refractivity contribution is -0.120. The minimum absolute atomic E-state index is 0.0364. The average molecular weight is 289 g/mol. The van der Waals surface area contributed by atoms with E-state index in [9.17, 15) is 9.59 Å². The van der Waals surface area contributed by atoms with E-state index in [1.807, 2.05) is 13.8 Å². The summed E-state index contributed by atoms with van der Waals surface area (Å²) in [6.45, 7) is 6.00. The molecule has 0 aliphatic rings. The van der Waals surface area contributed by atoms with E-state index in [0.29, 0.717) is 22.6 Å². The standard InChI is InChI=1S/C16H19NO4/c1-4-9(2)10(3)15(18)17-12-5-6-13-11(7-12)8-14(21-13)16(19)20/h5-10H,4H2,1-3H3,(H,17,18)(H,19,20). The monoisotopic (exact) mass is 289 g/mol. The molecule has 2 aromatic rings. The third kappa shape index (κ3) is 3.24. The third-order valence-corrected chi connectivity index (χ3v) is 3.91. The van der Waals surface area contributed by atoms with Gasteiger partial charge in [-0.2, -0.15) is 0 Å². The van der Waals surface area contributed by atoms with Gasteiger partial charge >= 0.3 is 5.97 Å². The Morgan fingerprint density at radius 2 is 2.00 bits per heavy atom. The molecule has 21 heavy (non-hydrogen) atoms. The van der Waals surface area contributed by atoms with E-state index in [4.69, 9.17) is 9.52 Å². The van der Waals surface area contributed by atoms with Crippen LogP contribution in [0.15, 0.2) is 28.7 Å². The normalized spacial score (nSPS) is 13.9. The Kier molecular flexibility index (Phi) is 4.31. The quantitative estimate of drug-likeness (QED) is 0.878. The SMILES string of the molecule is CCC(C)C(C)C(=O)Nc1ccc2oc(C(=O)O)cc2c1. The van der Waals surface area contributed by atoms with E-state index in [1.165, 1.54) is 6.07 Å². The van der Waals surface area contributed by atoms with Crippen LogP contribution in [0.25, 0.3) is 11.0 Å². The van der Waals surface area contributed by atoms with E-state index in [1.54, 1.807) is 18.2 Å². The fourth-order valence-corrected chi connectivity index (χ4v) is 2.09. The van der Waals surface area contributed by atoms with E-state index >= 15 is 0 Å². The highest BCUT2D eigenvalue weighted by Crippen LogP contribution is 2.24. The first kappa shape index (κ1) is 15.1. The molecule has 0 radical (unpaired) electrons. The maximum atomic E-state index is 12.1. The molecule has 0 saturated carbocycles. The predicted octanol–water partition coefficient (Wildman–Crippen LogP) is 3.75. The molecule has 5 heteroatoms. The Morgan fingerprint density at radius 1 is 1.29 bits per heavy atom. The number of aromatic carboxylic acids is 1. The molecule has 2 atom stereocenters. The number of carboxylic acids is 1. The molecule has 1 aromatic carbocycles. The van der Waals surface area contributed by atoms with Crippen LogP contribution in [-0.2, 0) is 4.79 Å². The van der Waals surface area contributed by atoms with Crippen molar-refractivity contribution in [3.05, 3.63) is 30.0 Å². The van der Waals surface area contributed by atoms with Gasteiger partial charge < -0.3 is 14.8 Å². The van der Waals surface area contributed by atoms with E-state index in [0.717, 1.165) is 6.42 Å². The van der Waals surface area contributed by atoms with Crippen molar-refractivity contribution in [1.82, 2.24) is 0 Å². The van der Waals surface area contributed by atoms with Crippen molar-refractivity contribution < 1.29 is 19.1 Å². The molecule has 2 rings (SSSR count). The number of anilines is 1. The van der Waals surface area contributed by atoms with Gasteiger partial charge in [0.05, 0.1) is 0 Å². The summed E-state index contributed by atoms with van der Waals surface area (Å²) in [4.78, 5) is 23.0. The average Bonchev–Trinajstić information content (AvgIpc) is 2.89. The smallest absolute Gasteiger partial charge is 0.371 e. The lowest BCUT2D eigenvalue weighted by atomic mass is 9.93.